The fourth-order valence-electron chi connectivity index (χ4n) is 2.33. The van der Waals surface area contributed by atoms with Crippen LogP contribution in [0.2, 0.25) is 0 Å². The van der Waals surface area contributed by atoms with E-state index in [2.05, 4.69) is 17.0 Å². The standard InChI is InChI=1S/C14H24N2O4S/c1-3-7-15-9-13-4-5-14(20-13)21(17,18)16-11(2)12-6-8-19-10-12/h4-5,11-12,15-16H,3,6-10H2,1-2H3. The summed E-state index contributed by atoms with van der Waals surface area (Å²) in [6, 6.07) is 3.04. The first-order valence-corrected chi connectivity index (χ1v) is 8.90. The normalized spacial score (nSPS) is 20.8. The highest BCUT2D eigenvalue weighted by Gasteiger charge is 2.28. The third-order valence-corrected chi connectivity index (χ3v) is 5.07. The topological polar surface area (TPSA) is 80.6 Å². The minimum Gasteiger partial charge on any atom is -0.447 e. The summed E-state index contributed by atoms with van der Waals surface area (Å²) < 4.78 is 37.9. The zero-order chi connectivity index (χ0) is 15.3. The molecule has 6 nitrogen and oxygen atoms in total. The zero-order valence-corrected chi connectivity index (χ0v) is 13.4. The molecule has 0 aliphatic carbocycles. The molecule has 0 radical (unpaired) electrons. The van der Waals surface area contributed by atoms with Gasteiger partial charge in [0.1, 0.15) is 5.76 Å². The van der Waals surface area contributed by atoms with Crippen LogP contribution < -0.4 is 10.0 Å². The number of hydrogen-bond donors (Lipinski definition) is 2. The molecule has 2 rings (SSSR count). The van der Waals surface area contributed by atoms with Gasteiger partial charge in [-0.3, -0.25) is 0 Å². The van der Waals surface area contributed by atoms with E-state index in [1.165, 1.54) is 6.07 Å². The van der Waals surface area contributed by atoms with Gasteiger partial charge in [0.25, 0.3) is 10.0 Å². The Kier molecular flexibility index (Phi) is 5.80. The maximum Gasteiger partial charge on any atom is 0.274 e. The van der Waals surface area contributed by atoms with Crippen LogP contribution in [0.1, 0.15) is 32.4 Å². The molecule has 21 heavy (non-hydrogen) atoms. The number of hydrogen-bond acceptors (Lipinski definition) is 5. The molecule has 0 saturated carbocycles. The summed E-state index contributed by atoms with van der Waals surface area (Å²) in [5.74, 6) is 0.848. The lowest BCUT2D eigenvalue weighted by Gasteiger charge is -2.18. The largest absolute Gasteiger partial charge is 0.447 e. The lowest BCUT2D eigenvalue weighted by Crippen LogP contribution is -2.38. The van der Waals surface area contributed by atoms with E-state index in [0.717, 1.165) is 19.4 Å². The van der Waals surface area contributed by atoms with Gasteiger partial charge in [0, 0.05) is 18.6 Å². The van der Waals surface area contributed by atoms with Gasteiger partial charge in [-0.05, 0) is 38.4 Å². The molecule has 0 amide bonds. The van der Waals surface area contributed by atoms with Gasteiger partial charge in [0.15, 0.2) is 0 Å². The fourth-order valence-corrected chi connectivity index (χ4v) is 3.59. The Morgan fingerprint density at radius 1 is 1.43 bits per heavy atom. The summed E-state index contributed by atoms with van der Waals surface area (Å²) in [5, 5.41) is 3.15. The quantitative estimate of drug-likeness (QED) is 0.710. The van der Waals surface area contributed by atoms with E-state index >= 15 is 0 Å². The van der Waals surface area contributed by atoms with Gasteiger partial charge in [-0.15, -0.1) is 0 Å². The monoisotopic (exact) mass is 316 g/mol. The first kappa shape index (κ1) is 16.5. The second-order valence-corrected chi connectivity index (χ2v) is 7.08. The summed E-state index contributed by atoms with van der Waals surface area (Å²) in [5.41, 5.74) is 0. The zero-order valence-electron chi connectivity index (χ0n) is 12.6. The van der Waals surface area contributed by atoms with Gasteiger partial charge in [-0.25, -0.2) is 13.1 Å². The molecule has 2 N–H and O–H groups in total. The van der Waals surface area contributed by atoms with Crippen LogP contribution in [0, 0.1) is 5.92 Å². The molecule has 1 saturated heterocycles. The van der Waals surface area contributed by atoms with Crippen molar-refractivity contribution in [2.45, 2.75) is 44.4 Å². The maximum absolute atomic E-state index is 12.3. The average molecular weight is 316 g/mol. The van der Waals surface area contributed by atoms with Crippen LogP contribution in [0.3, 0.4) is 0 Å². The van der Waals surface area contributed by atoms with Crippen molar-refractivity contribution < 1.29 is 17.6 Å². The Labute approximate surface area is 126 Å². The highest BCUT2D eigenvalue weighted by atomic mass is 32.2. The van der Waals surface area contributed by atoms with Gasteiger partial charge >= 0.3 is 0 Å². The van der Waals surface area contributed by atoms with E-state index in [4.69, 9.17) is 9.15 Å². The number of nitrogens with one attached hydrogen (secondary N) is 2. The third kappa shape index (κ3) is 4.54. The first-order valence-electron chi connectivity index (χ1n) is 7.42. The van der Waals surface area contributed by atoms with Gasteiger partial charge in [-0.1, -0.05) is 6.92 Å². The van der Waals surface area contributed by atoms with Crippen molar-refractivity contribution >= 4 is 10.0 Å². The van der Waals surface area contributed by atoms with Crippen LogP contribution in [-0.2, 0) is 21.3 Å². The third-order valence-electron chi connectivity index (χ3n) is 3.64. The van der Waals surface area contributed by atoms with E-state index < -0.39 is 10.0 Å². The van der Waals surface area contributed by atoms with Crippen molar-refractivity contribution in [3.63, 3.8) is 0 Å². The number of rotatable bonds is 8. The van der Waals surface area contributed by atoms with E-state index in [9.17, 15) is 8.42 Å². The predicted molar refractivity (Wildman–Crippen MR) is 79.4 cm³/mol. The van der Waals surface area contributed by atoms with Crippen LogP contribution in [0.25, 0.3) is 0 Å². The van der Waals surface area contributed by atoms with Crippen molar-refractivity contribution in [1.82, 2.24) is 10.0 Å². The molecule has 0 aromatic carbocycles. The molecule has 1 aliphatic heterocycles. The molecule has 2 unspecified atom stereocenters. The number of furan rings is 1. The van der Waals surface area contributed by atoms with Crippen molar-refractivity contribution in [3.05, 3.63) is 17.9 Å². The van der Waals surface area contributed by atoms with Crippen molar-refractivity contribution in [3.8, 4) is 0 Å². The van der Waals surface area contributed by atoms with Gasteiger partial charge in [0.2, 0.25) is 5.09 Å². The number of ether oxygens (including phenoxy) is 1. The lowest BCUT2D eigenvalue weighted by molar-refractivity contribution is 0.180. The summed E-state index contributed by atoms with van der Waals surface area (Å²) in [6.45, 7) is 6.65. The van der Waals surface area contributed by atoms with Crippen LogP contribution in [0.4, 0.5) is 0 Å². The van der Waals surface area contributed by atoms with E-state index in [1.54, 1.807) is 6.07 Å². The molecular formula is C14H24N2O4S. The van der Waals surface area contributed by atoms with E-state index in [0.29, 0.717) is 25.5 Å². The maximum atomic E-state index is 12.3. The Bertz CT molecular complexity index is 535. The van der Waals surface area contributed by atoms with E-state index in [-0.39, 0.29) is 17.1 Å². The molecule has 1 aromatic rings. The Morgan fingerprint density at radius 2 is 2.24 bits per heavy atom. The van der Waals surface area contributed by atoms with Crippen molar-refractivity contribution in [2.75, 3.05) is 19.8 Å². The molecule has 120 valence electrons. The van der Waals surface area contributed by atoms with Crippen LogP contribution in [-0.4, -0.2) is 34.2 Å². The molecule has 1 aromatic heterocycles. The second kappa shape index (κ2) is 7.40. The van der Waals surface area contributed by atoms with Gasteiger partial charge < -0.3 is 14.5 Å². The molecular weight excluding hydrogens is 292 g/mol. The second-order valence-electron chi connectivity index (χ2n) is 5.43. The van der Waals surface area contributed by atoms with Crippen molar-refractivity contribution in [1.29, 1.82) is 0 Å². The van der Waals surface area contributed by atoms with Crippen LogP contribution >= 0.6 is 0 Å². The Morgan fingerprint density at radius 3 is 2.90 bits per heavy atom. The Balaban J connectivity index is 1.95. The first-order chi connectivity index (χ1) is 10.0. The average Bonchev–Trinajstić information content (AvgIpc) is 3.10. The highest BCUT2D eigenvalue weighted by molar-refractivity contribution is 7.89. The molecule has 0 spiro atoms. The summed E-state index contributed by atoms with van der Waals surface area (Å²) in [7, 11) is -3.61. The van der Waals surface area contributed by atoms with Crippen LogP contribution in [0.5, 0.6) is 0 Å². The molecule has 1 aliphatic rings. The summed E-state index contributed by atoms with van der Waals surface area (Å²) in [4.78, 5) is 0. The predicted octanol–water partition coefficient (Wildman–Crippen LogP) is 1.48. The molecule has 2 atom stereocenters. The van der Waals surface area contributed by atoms with Crippen molar-refractivity contribution in [2.24, 2.45) is 5.92 Å². The molecule has 1 fully saturated rings. The summed E-state index contributed by atoms with van der Waals surface area (Å²) >= 11 is 0. The highest BCUT2D eigenvalue weighted by Crippen LogP contribution is 2.20. The molecule has 7 heteroatoms. The fraction of sp³-hybridized carbons (Fsp3) is 0.714. The smallest absolute Gasteiger partial charge is 0.274 e. The van der Waals surface area contributed by atoms with Gasteiger partial charge in [-0.2, -0.15) is 0 Å². The molecule has 2 heterocycles. The van der Waals surface area contributed by atoms with Gasteiger partial charge in [0.05, 0.1) is 13.2 Å². The van der Waals surface area contributed by atoms with Crippen LogP contribution in [0.15, 0.2) is 21.6 Å². The minimum atomic E-state index is -3.61. The summed E-state index contributed by atoms with van der Waals surface area (Å²) in [6.07, 6.45) is 1.91. The number of sulfonamides is 1. The SMILES string of the molecule is CCCNCc1ccc(S(=O)(=O)NC(C)C2CCOC2)o1. The minimum absolute atomic E-state index is 0.0263. The lowest BCUT2D eigenvalue weighted by atomic mass is 10.0. The molecule has 0 bridgehead atoms. The van der Waals surface area contributed by atoms with E-state index in [1.807, 2.05) is 6.92 Å². The Hall–Kier alpha value is -0.890.